The molecule has 1 aliphatic carbocycles. The van der Waals surface area contributed by atoms with Crippen LogP contribution in [-0.2, 0) is 14.8 Å². The zero-order valence-electron chi connectivity index (χ0n) is 10.0. The van der Waals surface area contributed by atoms with E-state index >= 15 is 0 Å². The fourth-order valence-corrected chi connectivity index (χ4v) is 2.72. The number of hydrogen-bond acceptors (Lipinski definition) is 4. The highest BCUT2D eigenvalue weighted by molar-refractivity contribution is 7.89. The first-order valence-electron chi connectivity index (χ1n) is 5.73. The van der Waals surface area contributed by atoms with Crippen molar-refractivity contribution in [3.05, 3.63) is 24.0 Å². The number of anilines is 1. The van der Waals surface area contributed by atoms with Crippen molar-refractivity contribution in [2.45, 2.75) is 23.8 Å². The van der Waals surface area contributed by atoms with E-state index < -0.39 is 33.2 Å². The van der Waals surface area contributed by atoms with Crippen molar-refractivity contribution in [1.29, 1.82) is 0 Å². The molecule has 0 radical (unpaired) electrons. The lowest BCUT2D eigenvalue weighted by Gasteiger charge is -2.09. The number of benzene rings is 1. The van der Waals surface area contributed by atoms with Crippen molar-refractivity contribution in [1.82, 2.24) is 10.0 Å². The number of carbonyl (C=O) groups excluding carboxylic acids is 1. The van der Waals surface area contributed by atoms with Crippen LogP contribution in [0.1, 0.15) is 12.8 Å². The summed E-state index contributed by atoms with van der Waals surface area (Å²) in [6, 6.07) is 3.72. The zero-order chi connectivity index (χ0) is 14.0. The molecule has 0 heterocycles. The second kappa shape index (κ2) is 5.14. The Morgan fingerprint density at radius 2 is 2.11 bits per heavy atom. The Morgan fingerprint density at radius 1 is 1.42 bits per heavy atom. The summed E-state index contributed by atoms with van der Waals surface area (Å²) in [5.41, 5.74) is 5.25. The molecule has 1 aromatic rings. The largest absolute Gasteiger partial charge is 0.398 e. The second-order valence-electron chi connectivity index (χ2n) is 4.32. The summed E-state index contributed by atoms with van der Waals surface area (Å²) in [5, 5.41) is 2.62. The van der Waals surface area contributed by atoms with Gasteiger partial charge < -0.3 is 11.1 Å². The lowest BCUT2D eigenvalue weighted by Crippen LogP contribution is -2.38. The summed E-state index contributed by atoms with van der Waals surface area (Å²) < 4.78 is 39.3. The van der Waals surface area contributed by atoms with Crippen LogP contribution in [0.25, 0.3) is 0 Å². The molecule has 4 N–H and O–H groups in total. The van der Waals surface area contributed by atoms with Gasteiger partial charge in [-0.2, -0.15) is 0 Å². The first kappa shape index (κ1) is 13.8. The number of carbonyl (C=O) groups is 1. The molecule has 2 rings (SSSR count). The Morgan fingerprint density at radius 3 is 2.68 bits per heavy atom. The smallest absolute Gasteiger partial charge is 0.246 e. The van der Waals surface area contributed by atoms with E-state index in [1.165, 1.54) is 12.1 Å². The van der Waals surface area contributed by atoms with E-state index in [4.69, 9.17) is 5.73 Å². The molecule has 0 spiro atoms. The van der Waals surface area contributed by atoms with Crippen LogP contribution in [0.2, 0.25) is 0 Å². The third-order valence-corrected chi connectivity index (χ3v) is 4.12. The standard InChI is InChI=1S/C11H14FN3O3S/c12-8-2-1-3-9(13)11(8)19(17,18)14-6-10(16)15-7-4-5-7/h1-3,7,14H,4-6,13H2,(H,15,16). The monoisotopic (exact) mass is 287 g/mol. The maximum absolute atomic E-state index is 13.5. The van der Waals surface area contributed by atoms with Gasteiger partial charge in [0, 0.05) is 6.04 Å². The minimum atomic E-state index is -4.14. The van der Waals surface area contributed by atoms with E-state index in [1.807, 2.05) is 4.72 Å². The molecule has 1 fully saturated rings. The molecule has 0 saturated heterocycles. The summed E-state index contributed by atoms with van der Waals surface area (Å²) in [7, 11) is -4.14. The number of nitrogens with one attached hydrogen (secondary N) is 2. The van der Waals surface area contributed by atoms with Crippen molar-refractivity contribution in [3.63, 3.8) is 0 Å². The van der Waals surface area contributed by atoms with Gasteiger partial charge in [0.2, 0.25) is 15.9 Å². The predicted molar refractivity (Wildman–Crippen MR) is 67.2 cm³/mol. The average Bonchev–Trinajstić information content (AvgIpc) is 3.10. The molecule has 1 aromatic carbocycles. The van der Waals surface area contributed by atoms with Crippen molar-refractivity contribution in [2.75, 3.05) is 12.3 Å². The third kappa shape index (κ3) is 3.42. The van der Waals surface area contributed by atoms with Crippen LogP contribution in [-0.4, -0.2) is 26.9 Å². The van der Waals surface area contributed by atoms with Gasteiger partial charge in [0.25, 0.3) is 0 Å². The van der Waals surface area contributed by atoms with Gasteiger partial charge in [-0.15, -0.1) is 0 Å². The van der Waals surface area contributed by atoms with Gasteiger partial charge in [-0.05, 0) is 25.0 Å². The van der Waals surface area contributed by atoms with Crippen LogP contribution < -0.4 is 15.8 Å². The molecule has 1 saturated carbocycles. The molecular weight excluding hydrogens is 273 g/mol. The molecule has 0 unspecified atom stereocenters. The summed E-state index contributed by atoms with van der Waals surface area (Å²) in [4.78, 5) is 10.7. The Bertz CT molecular complexity index is 579. The van der Waals surface area contributed by atoms with Crippen molar-refractivity contribution in [3.8, 4) is 0 Å². The average molecular weight is 287 g/mol. The first-order chi connectivity index (χ1) is 8.90. The summed E-state index contributed by atoms with van der Waals surface area (Å²) in [5.74, 6) is -1.39. The van der Waals surface area contributed by atoms with Gasteiger partial charge in [-0.1, -0.05) is 6.07 Å². The molecule has 0 aliphatic heterocycles. The van der Waals surface area contributed by atoms with Crippen LogP contribution in [0.4, 0.5) is 10.1 Å². The van der Waals surface area contributed by atoms with Crippen molar-refractivity contribution < 1.29 is 17.6 Å². The zero-order valence-corrected chi connectivity index (χ0v) is 10.8. The molecule has 6 nitrogen and oxygen atoms in total. The van der Waals surface area contributed by atoms with Gasteiger partial charge >= 0.3 is 0 Å². The number of rotatable bonds is 5. The molecule has 19 heavy (non-hydrogen) atoms. The van der Waals surface area contributed by atoms with E-state index in [9.17, 15) is 17.6 Å². The van der Waals surface area contributed by atoms with Gasteiger partial charge in [-0.3, -0.25) is 4.79 Å². The Balaban J connectivity index is 2.07. The summed E-state index contributed by atoms with van der Waals surface area (Å²) >= 11 is 0. The topological polar surface area (TPSA) is 101 Å². The summed E-state index contributed by atoms with van der Waals surface area (Å²) in [6.45, 7) is -0.438. The molecular formula is C11H14FN3O3S. The molecule has 8 heteroatoms. The molecule has 0 bridgehead atoms. The SMILES string of the molecule is Nc1cccc(F)c1S(=O)(=O)NCC(=O)NC1CC1. The second-order valence-corrected chi connectivity index (χ2v) is 6.03. The van der Waals surface area contributed by atoms with Crippen LogP contribution in [0.15, 0.2) is 23.1 Å². The maximum atomic E-state index is 13.5. The van der Waals surface area contributed by atoms with Crippen molar-refractivity contribution in [2.24, 2.45) is 0 Å². The number of hydrogen-bond donors (Lipinski definition) is 3. The minimum Gasteiger partial charge on any atom is -0.398 e. The Labute approximate surface area is 110 Å². The summed E-state index contributed by atoms with van der Waals surface area (Å²) in [6.07, 6.45) is 1.80. The van der Waals surface area contributed by atoms with E-state index in [-0.39, 0.29) is 11.7 Å². The fourth-order valence-electron chi connectivity index (χ4n) is 1.55. The highest BCUT2D eigenvalue weighted by atomic mass is 32.2. The number of amides is 1. The van der Waals surface area contributed by atoms with Crippen LogP contribution in [0, 0.1) is 5.82 Å². The van der Waals surface area contributed by atoms with E-state index in [2.05, 4.69) is 5.32 Å². The highest BCUT2D eigenvalue weighted by Gasteiger charge is 2.26. The van der Waals surface area contributed by atoms with Gasteiger partial charge in [0.15, 0.2) is 0 Å². The lowest BCUT2D eigenvalue weighted by atomic mass is 10.3. The Kier molecular flexibility index (Phi) is 3.72. The molecule has 0 atom stereocenters. The molecule has 1 aliphatic rings. The number of halogens is 1. The van der Waals surface area contributed by atoms with Gasteiger partial charge in [-0.25, -0.2) is 17.5 Å². The van der Waals surface area contributed by atoms with Crippen molar-refractivity contribution >= 4 is 21.6 Å². The third-order valence-electron chi connectivity index (χ3n) is 2.63. The first-order valence-corrected chi connectivity index (χ1v) is 7.21. The molecule has 104 valence electrons. The lowest BCUT2D eigenvalue weighted by molar-refractivity contribution is -0.120. The molecule has 1 amide bonds. The fraction of sp³-hybridized carbons (Fsp3) is 0.364. The van der Waals surface area contributed by atoms with Crippen LogP contribution in [0.5, 0.6) is 0 Å². The number of sulfonamides is 1. The van der Waals surface area contributed by atoms with Gasteiger partial charge in [0.05, 0.1) is 12.2 Å². The van der Waals surface area contributed by atoms with E-state index in [0.29, 0.717) is 0 Å². The van der Waals surface area contributed by atoms with Crippen LogP contribution >= 0.6 is 0 Å². The maximum Gasteiger partial charge on any atom is 0.246 e. The Hall–Kier alpha value is -1.67. The van der Waals surface area contributed by atoms with E-state index in [0.717, 1.165) is 18.9 Å². The molecule has 0 aromatic heterocycles. The highest BCUT2D eigenvalue weighted by Crippen LogP contribution is 2.21. The number of nitrogens with two attached hydrogens (primary N) is 1. The van der Waals surface area contributed by atoms with Gasteiger partial charge in [0.1, 0.15) is 10.7 Å². The van der Waals surface area contributed by atoms with Crippen LogP contribution in [0.3, 0.4) is 0 Å². The number of nitrogen functional groups attached to an aromatic ring is 1. The predicted octanol–water partition coefficient (Wildman–Crippen LogP) is -0.0352. The quantitative estimate of drug-likeness (QED) is 0.662. The normalized spacial score (nSPS) is 15.2. The van der Waals surface area contributed by atoms with E-state index in [1.54, 1.807) is 0 Å². The minimum absolute atomic E-state index is 0.135.